The molecule has 0 bridgehead atoms. The van der Waals surface area contributed by atoms with Crippen molar-refractivity contribution in [3.05, 3.63) is 48.5 Å². The van der Waals surface area contributed by atoms with Crippen LogP contribution < -0.4 is 69.1 Å². The summed E-state index contributed by atoms with van der Waals surface area (Å²) >= 11 is 0. The van der Waals surface area contributed by atoms with Gasteiger partial charge in [0.1, 0.15) is 15.0 Å². The monoisotopic (exact) mass is 591 g/mol. The van der Waals surface area contributed by atoms with Crippen molar-refractivity contribution in [2.24, 2.45) is 10.2 Å². The number of anilines is 1. The van der Waals surface area contributed by atoms with Gasteiger partial charge in [-0.15, -0.1) is 0 Å². The van der Waals surface area contributed by atoms with Crippen molar-refractivity contribution in [3.8, 4) is 5.75 Å². The molecule has 0 spiro atoms. The first-order valence-corrected chi connectivity index (χ1v) is 14.2. The Kier molecular flexibility index (Phi) is 11.7. The van der Waals surface area contributed by atoms with E-state index in [2.05, 4.69) is 10.2 Å². The van der Waals surface area contributed by atoms with Crippen LogP contribution in [0.5, 0.6) is 5.75 Å². The van der Waals surface area contributed by atoms with Crippen molar-refractivity contribution in [2.45, 2.75) is 54.9 Å². The van der Waals surface area contributed by atoms with E-state index in [1.165, 1.54) is 6.92 Å². The van der Waals surface area contributed by atoms with E-state index in [1.54, 1.807) is 29.2 Å². The maximum absolute atomic E-state index is 12.6. The van der Waals surface area contributed by atoms with Gasteiger partial charge >= 0.3 is 59.1 Å². The Labute approximate surface area is 270 Å². The first kappa shape index (κ1) is 33.8. The first-order chi connectivity index (χ1) is 17.4. The fourth-order valence-corrected chi connectivity index (χ4v) is 5.94. The van der Waals surface area contributed by atoms with E-state index >= 15 is 0 Å². The molecule has 0 atom stereocenters. The van der Waals surface area contributed by atoms with Crippen LogP contribution in [0.3, 0.4) is 0 Å². The molecule has 0 heterocycles. The van der Waals surface area contributed by atoms with Crippen LogP contribution in [0, 0.1) is 0 Å². The smallest absolute Gasteiger partial charge is 0.871 e. The Morgan fingerprint density at radius 2 is 1.56 bits per heavy atom. The Balaban J connectivity index is 0.00000267. The zero-order valence-corrected chi connectivity index (χ0v) is 27.3. The minimum absolute atomic E-state index is 0. The topological polar surface area (TPSA) is 180 Å². The largest absolute Gasteiger partial charge is 1.00 e. The summed E-state index contributed by atoms with van der Waals surface area (Å²) in [4.78, 5) is 12.2. The summed E-state index contributed by atoms with van der Waals surface area (Å²) in [6.07, 6.45) is 5.08. The molecule has 196 valence electrons. The third kappa shape index (κ3) is 7.88. The summed E-state index contributed by atoms with van der Waals surface area (Å²) in [6.45, 7) is 1.51. The average Bonchev–Trinajstić information content (AvgIpc) is 2.83. The third-order valence-corrected chi connectivity index (χ3v) is 7.92. The van der Waals surface area contributed by atoms with Crippen LogP contribution in [0.1, 0.15) is 39.0 Å². The number of hydrogen-bond donors (Lipinski definition) is 1. The van der Waals surface area contributed by atoms with Gasteiger partial charge in [-0.25, -0.2) is 8.42 Å². The van der Waals surface area contributed by atoms with E-state index in [9.17, 15) is 35.8 Å². The van der Waals surface area contributed by atoms with Crippen LogP contribution in [-0.2, 0) is 25.0 Å². The van der Waals surface area contributed by atoms with E-state index in [-0.39, 0.29) is 81.8 Å². The zero-order valence-electron chi connectivity index (χ0n) is 21.7. The van der Waals surface area contributed by atoms with Crippen molar-refractivity contribution in [1.29, 1.82) is 0 Å². The van der Waals surface area contributed by atoms with Crippen LogP contribution in [0.25, 0.3) is 10.8 Å². The molecule has 1 fully saturated rings. The Bertz CT molecular complexity index is 1610. The number of azo groups is 1. The van der Waals surface area contributed by atoms with Crippen molar-refractivity contribution >= 4 is 54.0 Å². The van der Waals surface area contributed by atoms with E-state index in [4.69, 9.17) is 0 Å². The SMILES string of the molecule is CC(=O)N(c1ccc(N=Nc2c([O-])ccc3cc(S(=O)(=O)[O-])cc(S(=O)(=O)O)c23)cc1)C1CCCCC1.[Na+].[Na+]. The molecule has 4 rings (SSSR count). The van der Waals surface area contributed by atoms with Gasteiger partial charge < -0.3 is 14.6 Å². The van der Waals surface area contributed by atoms with Crippen LogP contribution in [0.15, 0.2) is 68.6 Å². The first-order valence-electron chi connectivity index (χ1n) is 11.4. The molecular weight excluding hydrogens is 568 g/mol. The van der Waals surface area contributed by atoms with Gasteiger partial charge in [0.05, 0.1) is 16.3 Å². The van der Waals surface area contributed by atoms with Crippen LogP contribution in [0.2, 0.25) is 0 Å². The molecule has 3 aromatic carbocycles. The maximum atomic E-state index is 12.6. The molecule has 0 aromatic heterocycles. The minimum atomic E-state index is -5.07. The fourth-order valence-electron chi connectivity index (χ4n) is 4.59. The standard InChI is InChI=1S/C24H25N3O8S2.2Na/c1-15(28)27(18-5-3-2-4-6-18)19-10-8-17(9-11-19)25-26-24-21(29)12-7-16-13-20(36(30,31)32)14-22(23(16)24)37(33,34)35;;/h7-14,18,29H,2-6H2,1H3,(H,30,31,32)(H,33,34,35);;/q;2*+1/p-2. The van der Waals surface area contributed by atoms with Crippen LogP contribution in [0.4, 0.5) is 17.1 Å². The summed E-state index contributed by atoms with van der Waals surface area (Å²) < 4.78 is 68.1. The second-order valence-electron chi connectivity index (χ2n) is 8.76. The second kappa shape index (κ2) is 13.5. The molecule has 1 saturated carbocycles. The van der Waals surface area contributed by atoms with E-state index in [1.807, 2.05) is 0 Å². The van der Waals surface area contributed by atoms with Gasteiger partial charge in [0.2, 0.25) is 5.91 Å². The van der Waals surface area contributed by atoms with E-state index in [0.29, 0.717) is 17.4 Å². The van der Waals surface area contributed by atoms with Crippen molar-refractivity contribution in [2.75, 3.05) is 4.90 Å². The number of carbonyl (C=O) groups excluding carboxylic acids is 1. The van der Waals surface area contributed by atoms with E-state index in [0.717, 1.165) is 50.3 Å². The van der Waals surface area contributed by atoms with Gasteiger partial charge in [0.25, 0.3) is 10.1 Å². The summed E-state index contributed by atoms with van der Waals surface area (Å²) in [7, 11) is -10.1. The molecule has 1 aliphatic rings. The molecule has 0 saturated heterocycles. The predicted octanol–water partition coefficient (Wildman–Crippen LogP) is -1.83. The van der Waals surface area contributed by atoms with Crippen LogP contribution >= 0.6 is 0 Å². The fraction of sp³-hybridized carbons (Fsp3) is 0.292. The van der Waals surface area contributed by atoms with Crippen molar-refractivity contribution in [1.82, 2.24) is 0 Å². The molecule has 1 amide bonds. The molecule has 0 unspecified atom stereocenters. The van der Waals surface area contributed by atoms with Gasteiger partial charge in [-0.1, -0.05) is 37.1 Å². The molecular formula is C24H23N3Na2O8S2. The second-order valence-corrected chi connectivity index (χ2v) is 11.5. The zero-order chi connectivity index (χ0) is 27.0. The normalized spacial score (nSPS) is 14.5. The van der Waals surface area contributed by atoms with Gasteiger partial charge in [-0.2, -0.15) is 18.6 Å². The van der Waals surface area contributed by atoms with Crippen molar-refractivity contribution in [3.63, 3.8) is 0 Å². The minimum Gasteiger partial charge on any atom is -0.871 e. The van der Waals surface area contributed by atoms with Crippen molar-refractivity contribution < 1.29 is 95.0 Å². The number of rotatable bonds is 6. The summed E-state index contributed by atoms with van der Waals surface area (Å²) in [6, 6.07) is 10.2. The van der Waals surface area contributed by atoms with Gasteiger partial charge in [-0.3, -0.25) is 9.35 Å². The predicted molar refractivity (Wildman–Crippen MR) is 132 cm³/mol. The molecule has 1 aliphatic carbocycles. The molecule has 0 radical (unpaired) electrons. The number of benzene rings is 3. The number of amides is 1. The number of fused-ring (bicyclic) bond motifs is 1. The maximum Gasteiger partial charge on any atom is 1.00 e. The molecule has 1 N–H and O–H groups in total. The number of hydrogen-bond acceptors (Lipinski definition) is 9. The molecule has 39 heavy (non-hydrogen) atoms. The Morgan fingerprint density at radius 1 is 0.949 bits per heavy atom. The number of nitrogens with zero attached hydrogens (tertiary/aromatic N) is 3. The van der Waals surface area contributed by atoms with Crippen LogP contribution in [-0.4, -0.2) is 37.9 Å². The molecule has 0 aliphatic heterocycles. The number of carbonyl (C=O) groups is 1. The van der Waals surface area contributed by atoms with Gasteiger partial charge in [0.15, 0.2) is 0 Å². The summed E-state index contributed by atoms with van der Waals surface area (Å²) in [5.74, 6) is -0.819. The Hall–Kier alpha value is -1.39. The summed E-state index contributed by atoms with van der Waals surface area (Å²) in [5.41, 5.74) is 0.518. The molecule has 3 aromatic rings. The van der Waals surface area contributed by atoms with Gasteiger partial charge in [-0.05, 0) is 54.6 Å². The average molecular weight is 592 g/mol. The molecule has 15 heteroatoms. The summed E-state index contributed by atoms with van der Waals surface area (Å²) in [5, 5.41) is 20.0. The van der Waals surface area contributed by atoms with Gasteiger partial charge in [0, 0.05) is 24.0 Å². The quantitative estimate of drug-likeness (QED) is 0.198. The van der Waals surface area contributed by atoms with E-state index < -0.39 is 41.5 Å². The molecule has 11 nitrogen and oxygen atoms in total. The third-order valence-electron chi connectivity index (χ3n) is 6.23. The Morgan fingerprint density at radius 3 is 2.10 bits per heavy atom.